The van der Waals surface area contributed by atoms with E-state index < -0.39 is 0 Å². The number of ether oxygens (including phenoxy) is 1. The average molecular weight is 407 g/mol. The predicted molar refractivity (Wildman–Crippen MR) is 111 cm³/mol. The maximum atomic E-state index is 13.1. The van der Waals surface area contributed by atoms with Gasteiger partial charge < -0.3 is 9.30 Å². The molecule has 0 radical (unpaired) electrons. The second-order valence-electron chi connectivity index (χ2n) is 7.33. The van der Waals surface area contributed by atoms with Crippen molar-refractivity contribution < 1.29 is 4.74 Å². The molecule has 1 fully saturated rings. The summed E-state index contributed by atoms with van der Waals surface area (Å²) in [7, 11) is 0. The van der Waals surface area contributed by atoms with Crippen LogP contribution in [0.4, 0.5) is 0 Å². The van der Waals surface area contributed by atoms with Crippen LogP contribution >= 0.6 is 0 Å². The molecule has 0 bridgehead atoms. The Balaban J connectivity index is 1.56. The van der Waals surface area contributed by atoms with E-state index in [0.717, 1.165) is 32.8 Å². The number of aryl methyl sites for hydroxylation is 1. The van der Waals surface area contributed by atoms with Crippen molar-refractivity contribution >= 4 is 21.8 Å². The summed E-state index contributed by atoms with van der Waals surface area (Å²) in [6.45, 7) is 6.29. The quantitative estimate of drug-likeness (QED) is 0.489. The van der Waals surface area contributed by atoms with Crippen LogP contribution in [0.15, 0.2) is 40.2 Å². The van der Waals surface area contributed by atoms with Crippen LogP contribution in [0.5, 0.6) is 0 Å². The molecule has 0 aromatic carbocycles. The van der Waals surface area contributed by atoms with Gasteiger partial charge in [0.05, 0.1) is 35.0 Å². The van der Waals surface area contributed by atoms with Crippen LogP contribution < -0.4 is 11.1 Å². The highest BCUT2D eigenvalue weighted by Gasteiger charge is 2.14. The molecule has 4 aromatic heterocycles. The minimum atomic E-state index is -0.316. The lowest BCUT2D eigenvalue weighted by Crippen LogP contribution is -2.39. The number of aromatic nitrogens is 6. The highest BCUT2D eigenvalue weighted by molar-refractivity contribution is 5.91. The number of aromatic amines is 1. The first-order valence-electron chi connectivity index (χ1n) is 9.85. The van der Waals surface area contributed by atoms with E-state index in [9.17, 15) is 9.59 Å². The second kappa shape index (κ2) is 7.47. The first-order valence-corrected chi connectivity index (χ1v) is 9.85. The van der Waals surface area contributed by atoms with Crippen molar-refractivity contribution in [1.82, 2.24) is 34.2 Å². The van der Waals surface area contributed by atoms with E-state index in [1.165, 1.54) is 4.57 Å². The molecule has 0 saturated carbocycles. The van der Waals surface area contributed by atoms with E-state index in [-0.39, 0.29) is 17.1 Å². The number of rotatable bonds is 4. The Morgan fingerprint density at radius 2 is 1.73 bits per heavy atom. The van der Waals surface area contributed by atoms with Gasteiger partial charge in [0.25, 0.3) is 17.1 Å². The van der Waals surface area contributed by atoms with Gasteiger partial charge in [-0.1, -0.05) is 0 Å². The minimum absolute atomic E-state index is 0.154. The molecule has 0 spiro atoms. The number of nitrogens with one attached hydrogen (secondary N) is 1. The van der Waals surface area contributed by atoms with Crippen LogP contribution in [0, 0.1) is 6.92 Å². The molecule has 0 amide bonds. The summed E-state index contributed by atoms with van der Waals surface area (Å²) >= 11 is 0. The summed E-state index contributed by atoms with van der Waals surface area (Å²) in [4.78, 5) is 37.1. The third kappa shape index (κ3) is 3.29. The van der Waals surface area contributed by atoms with Crippen molar-refractivity contribution in [1.29, 1.82) is 0 Å². The van der Waals surface area contributed by atoms with E-state index in [0.29, 0.717) is 34.2 Å². The van der Waals surface area contributed by atoms with Gasteiger partial charge in [-0.3, -0.25) is 19.6 Å². The Morgan fingerprint density at radius 3 is 2.47 bits per heavy atom. The Bertz CT molecular complexity index is 1350. The molecule has 0 atom stereocenters. The van der Waals surface area contributed by atoms with Crippen molar-refractivity contribution in [2.75, 3.05) is 32.8 Å². The van der Waals surface area contributed by atoms with Gasteiger partial charge in [0, 0.05) is 38.6 Å². The first-order chi connectivity index (χ1) is 14.6. The van der Waals surface area contributed by atoms with Crippen molar-refractivity contribution in [3.05, 3.63) is 57.1 Å². The van der Waals surface area contributed by atoms with E-state index in [4.69, 9.17) is 4.74 Å². The van der Waals surface area contributed by atoms with Gasteiger partial charge in [0.2, 0.25) is 0 Å². The Kier molecular flexibility index (Phi) is 4.64. The molecule has 5 rings (SSSR count). The average Bonchev–Trinajstić information content (AvgIpc) is 3.19. The lowest BCUT2D eigenvalue weighted by molar-refractivity contribution is 0.0363. The maximum Gasteiger partial charge on any atom is 0.267 e. The number of hydrogen-bond acceptors (Lipinski definition) is 7. The molecule has 30 heavy (non-hydrogen) atoms. The third-order valence-electron chi connectivity index (χ3n) is 5.38. The van der Waals surface area contributed by atoms with Crippen LogP contribution in [-0.4, -0.2) is 67.0 Å². The third-order valence-corrected chi connectivity index (χ3v) is 5.38. The van der Waals surface area contributed by atoms with E-state index >= 15 is 0 Å². The Morgan fingerprint density at radius 1 is 1.00 bits per heavy atom. The number of fused-ring (bicyclic) bond motifs is 2. The van der Waals surface area contributed by atoms with Crippen molar-refractivity contribution in [2.45, 2.75) is 13.5 Å². The maximum absolute atomic E-state index is 13.1. The molecule has 1 saturated heterocycles. The lowest BCUT2D eigenvalue weighted by Gasteiger charge is -2.26. The monoisotopic (exact) mass is 407 g/mol. The first kappa shape index (κ1) is 18.6. The fourth-order valence-electron chi connectivity index (χ4n) is 3.71. The van der Waals surface area contributed by atoms with Gasteiger partial charge in [-0.05, 0) is 25.1 Å². The largest absolute Gasteiger partial charge is 0.379 e. The topological polar surface area (TPSA) is 111 Å². The van der Waals surface area contributed by atoms with Crippen LogP contribution in [0.2, 0.25) is 0 Å². The molecule has 5 heterocycles. The number of morpholine rings is 1. The van der Waals surface area contributed by atoms with Crippen molar-refractivity contribution in [3.63, 3.8) is 0 Å². The molecule has 0 unspecified atom stereocenters. The molecule has 0 aliphatic carbocycles. The number of nitrogens with zero attached hydrogens (tertiary/aromatic N) is 6. The van der Waals surface area contributed by atoms with Crippen LogP contribution in [0.3, 0.4) is 0 Å². The van der Waals surface area contributed by atoms with Gasteiger partial charge in [-0.15, -0.1) is 5.10 Å². The summed E-state index contributed by atoms with van der Waals surface area (Å²) in [5.74, 6) is 0.868. The molecule has 10 heteroatoms. The highest BCUT2D eigenvalue weighted by atomic mass is 16.5. The lowest BCUT2D eigenvalue weighted by atomic mass is 10.2. The van der Waals surface area contributed by atoms with Crippen LogP contribution in [-0.2, 0) is 11.3 Å². The fourth-order valence-corrected chi connectivity index (χ4v) is 3.71. The summed E-state index contributed by atoms with van der Waals surface area (Å²) in [5.41, 5.74) is 0.630. The molecule has 1 aliphatic rings. The molecular weight excluding hydrogens is 386 g/mol. The molecule has 1 aliphatic heterocycles. The van der Waals surface area contributed by atoms with Gasteiger partial charge in [-0.2, -0.15) is 4.98 Å². The highest BCUT2D eigenvalue weighted by Crippen LogP contribution is 2.15. The van der Waals surface area contributed by atoms with Crippen molar-refractivity contribution in [3.8, 4) is 5.95 Å². The zero-order valence-corrected chi connectivity index (χ0v) is 16.5. The molecule has 4 aromatic rings. The molecule has 1 N–H and O–H groups in total. The molecule has 154 valence electrons. The van der Waals surface area contributed by atoms with Crippen LogP contribution in [0.1, 0.15) is 5.82 Å². The zero-order valence-electron chi connectivity index (χ0n) is 16.5. The summed E-state index contributed by atoms with van der Waals surface area (Å²) in [5, 5.41) is 7.55. The number of H-pyrrole nitrogens is 1. The Hall–Kier alpha value is -3.37. The van der Waals surface area contributed by atoms with Gasteiger partial charge in [0.15, 0.2) is 0 Å². The predicted octanol–water partition coefficient (Wildman–Crippen LogP) is 0.459. The number of pyridine rings is 3. The van der Waals surface area contributed by atoms with Crippen molar-refractivity contribution in [2.24, 2.45) is 0 Å². The van der Waals surface area contributed by atoms with E-state index in [1.54, 1.807) is 36.0 Å². The summed E-state index contributed by atoms with van der Waals surface area (Å²) < 4.78 is 8.39. The molecular formula is C20H21N7O3. The van der Waals surface area contributed by atoms with Crippen LogP contribution in [0.25, 0.3) is 27.8 Å². The smallest absolute Gasteiger partial charge is 0.267 e. The van der Waals surface area contributed by atoms with Gasteiger partial charge in [0.1, 0.15) is 5.82 Å². The minimum Gasteiger partial charge on any atom is -0.379 e. The summed E-state index contributed by atoms with van der Waals surface area (Å²) in [6.07, 6.45) is 3.36. The SMILES string of the molecule is Cc1nc(-n2ccc3nc4ccn(CCN5CCOCC5)c(=O)c4cc3c2=O)n[nH]1. The summed E-state index contributed by atoms with van der Waals surface area (Å²) in [6, 6.07) is 5.18. The normalized spacial score (nSPS) is 15.2. The van der Waals surface area contributed by atoms with Gasteiger partial charge in [-0.25, -0.2) is 9.55 Å². The van der Waals surface area contributed by atoms with Gasteiger partial charge >= 0.3 is 0 Å². The fraction of sp³-hybridized carbons (Fsp3) is 0.350. The number of hydrogen-bond donors (Lipinski definition) is 1. The van der Waals surface area contributed by atoms with E-state index in [2.05, 4.69) is 25.1 Å². The zero-order chi connectivity index (χ0) is 20.7. The standard InChI is InChI=1S/C20H21N7O3/c1-13-21-20(24-23-13)27-5-3-17-15(19(27)29)12-14-16(22-17)2-4-26(18(14)28)7-6-25-8-10-30-11-9-25/h2-5,12H,6-11H2,1H3,(H,21,23,24). The Labute approximate surface area is 170 Å². The second-order valence-corrected chi connectivity index (χ2v) is 7.33. The van der Waals surface area contributed by atoms with E-state index in [1.807, 2.05) is 6.07 Å². The molecule has 10 nitrogen and oxygen atoms in total.